The molecule has 0 saturated heterocycles. The highest BCUT2D eigenvalue weighted by molar-refractivity contribution is 5.92. The van der Waals surface area contributed by atoms with Gasteiger partial charge in [0.25, 0.3) is 5.91 Å². The molecule has 1 amide bonds. The van der Waals surface area contributed by atoms with Crippen LogP contribution in [0.15, 0.2) is 18.3 Å². The van der Waals surface area contributed by atoms with E-state index in [-0.39, 0.29) is 5.91 Å². The van der Waals surface area contributed by atoms with Crippen LogP contribution in [0.4, 0.5) is 0 Å². The van der Waals surface area contributed by atoms with Crippen LogP contribution in [-0.4, -0.2) is 28.5 Å². The van der Waals surface area contributed by atoms with Gasteiger partial charge in [0, 0.05) is 26.3 Å². The molecule has 72 valence electrons. The van der Waals surface area contributed by atoms with E-state index in [1.54, 1.807) is 0 Å². The van der Waals surface area contributed by atoms with Crippen LogP contribution in [0.5, 0.6) is 0 Å². The third-order valence-corrected chi connectivity index (χ3v) is 2.21. The summed E-state index contributed by atoms with van der Waals surface area (Å²) in [5, 5.41) is 0. The molecule has 1 heterocycles. The molecule has 0 aliphatic carbocycles. The summed E-state index contributed by atoms with van der Waals surface area (Å²) in [7, 11) is 1.89. The Balaban J connectivity index is 2.84. The summed E-state index contributed by atoms with van der Waals surface area (Å²) in [4.78, 5) is 13.6. The molecular weight excluding hydrogens is 164 g/mol. The Morgan fingerprint density at radius 2 is 2.08 bits per heavy atom. The third-order valence-electron chi connectivity index (χ3n) is 2.21. The summed E-state index contributed by atoms with van der Waals surface area (Å²) in [6, 6.07) is 3.73. The van der Waals surface area contributed by atoms with Crippen LogP contribution >= 0.6 is 0 Å². The molecule has 1 rings (SSSR count). The van der Waals surface area contributed by atoms with Crippen LogP contribution in [0.3, 0.4) is 0 Å². The van der Waals surface area contributed by atoms with E-state index in [0.29, 0.717) is 0 Å². The fraction of sp³-hybridized carbons (Fsp3) is 0.500. The smallest absolute Gasteiger partial charge is 0.270 e. The highest BCUT2D eigenvalue weighted by atomic mass is 16.2. The SMILES string of the molecule is CCN(CC)C(=O)c1cccn1C. The summed E-state index contributed by atoms with van der Waals surface area (Å²) >= 11 is 0. The first-order chi connectivity index (χ1) is 6.20. The average Bonchev–Trinajstić information content (AvgIpc) is 2.53. The molecule has 0 bridgehead atoms. The van der Waals surface area contributed by atoms with Crippen LogP contribution in [0.2, 0.25) is 0 Å². The Morgan fingerprint density at radius 3 is 2.46 bits per heavy atom. The standard InChI is InChI=1S/C10H16N2O/c1-4-12(5-2)10(13)9-7-6-8-11(9)3/h6-8H,4-5H2,1-3H3. The van der Waals surface area contributed by atoms with E-state index >= 15 is 0 Å². The van der Waals surface area contributed by atoms with Crippen LogP contribution in [0.1, 0.15) is 24.3 Å². The molecule has 3 heteroatoms. The topological polar surface area (TPSA) is 25.2 Å². The molecule has 0 N–H and O–H groups in total. The predicted molar refractivity (Wildman–Crippen MR) is 52.7 cm³/mol. The van der Waals surface area contributed by atoms with E-state index in [9.17, 15) is 4.79 Å². The fourth-order valence-electron chi connectivity index (χ4n) is 1.36. The van der Waals surface area contributed by atoms with Crippen LogP contribution in [-0.2, 0) is 7.05 Å². The largest absolute Gasteiger partial charge is 0.347 e. The summed E-state index contributed by atoms with van der Waals surface area (Å²) in [6.07, 6.45) is 1.89. The maximum absolute atomic E-state index is 11.8. The van der Waals surface area contributed by atoms with Crippen molar-refractivity contribution in [2.24, 2.45) is 7.05 Å². The minimum atomic E-state index is 0.109. The molecule has 0 unspecified atom stereocenters. The van der Waals surface area contributed by atoms with E-state index in [1.807, 2.05) is 48.7 Å². The van der Waals surface area contributed by atoms with Crippen molar-refractivity contribution in [1.82, 2.24) is 9.47 Å². The number of hydrogen-bond donors (Lipinski definition) is 0. The van der Waals surface area contributed by atoms with Crippen LogP contribution in [0.25, 0.3) is 0 Å². The van der Waals surface area contributed by atoms with Gasteiger partial charge in [-0.05, 0) is 26.0 Å². The monoisotopic (exact) mass is 180 g/mol. The van der Waals surface area contributed by atoms with Gasteiger partial charge < -0.3 is 9.47 Å². The maximum atomic E-state index is 11.8. The third kappa shape index (κ3) is 1.91. The number of aromatic nitrogens is 1. The Bertz CT molecular complexity index is 287. The van der Waals surface area contributed by atoms with E-state index in [2.05, 4.69) is 0 Å². The van der Waals surface area contributed by atoms with Crippen LogP contribution < -0.4 is 0 Å². The number of amides is 1. The van der Waals surface area contributed by atoms with Gasteiger partial charge >= 0.3 is 0 Å². The molecule has 0 aromatic carbocycles. The Kier molecular flexibility index (Phi) is 3.12. The van der Waals surface area contributed by atoms with E-state index in [4.69, 9.17) is 0 Å². The van der Waals surface area contributed by atoms with Gasteiger partial charge in [-0.15, -0.1) is 0 Å². The van der Waals surface area contributed by atoms with Crippen molar-refractivity contribution >= 4 is 5.91 Å². The first kappa shape index (κ1) is 9.84. The molecule has 0 fully saturated rings. The summed E-state index contributed by atoms with van der Waals surface area (Å²) < 4.78 is 1.85. The predicted octanol–water partition coefficient (Wildman–Crippen LogP) is 1.51. The van der Waals surface area contributed by atoms with Gasteiger partial charge in [-0.1, -0.05) is 0 Å². The molecule has 0 spiro atoms. The Labute approximate surface area is 79.0 Å². The van der Waals surface area contributed by atoms with Gasteiger partial charge in [-0.2, -0.15) is 0 Å². The van der Waals surface area contributed by atoms with Crippen molar-refractivity contribution in [3.63, 3.8) is 0 Å². The van der Waals surface area contributed by atoms with Crippen molar-refractivity contribution in [2.75, 3.05) is 13.1 Å². The molecule has 3 nitrogen and oxygen atoms in total. The summed E-state index contributed by atoms with van der Waals surface area (Å²) in [5.41, 5.74) is 0.753. The molecule has 13 heavy (non-hydrogen) atoms. The number of rotatable bonds is 3. The van der Waals surface area contributed by atoms with Gasteiger partial charge in [-0.25, -0.2) is 0 Å². The Hall–Kier alpha value is -1.25. The lowest BCUT2D eigenvalue weighted by atomic mass is 10.3. The number of nitrogens with zero attached hydrogens (tertiary/aromatic N) is 2. The lowest BCUT2D eigenvalue weighted by molar-refractivity contribution is 0.0763. The van der Waals surface area contributed by atoms with E-state index in [1.165, 1.54) is 0 Å². The number of hydrogen-bond acceptors (Lipinski definition) is 1. The minimum Gasteiger partial charge on any atom is -0.347 e. The zero-order valence-corrected chi connectivity index (χ0v) is 8.45. The van der Waals surface area contributed by atoms with E-state index < -0.39 is 0 Å². The summed E-state index contributed by atoms with van der Waals surface area (Å²) in [5.74, 6) is 0.109. The van der Waals surface area contributed by atoms with Crippen molar-refractivity contribution in [1.29, 1.82) is 0 Å². The maximum Gasteiger partial charge on any atom is 0.270 e. The van der Waals surface area contributed by atoms with Gasteiger partial charge in [0.1, 0.15) is 5.69 Å². The van der Waals surface area contributed by atoms with Gasteiger partial charge in [0.15, 0.2) is 0 Å². The number of carbonyl (C=O) groups excluding carboxylic acids is 1. The second-order valence-corrected chi connectivity index (χ2v) is 2.98. The average molecular weight is 180 g/mol. The van der Waals surface area contributed by atoms with E-state index in [0.717, 1.165) is 18.8 Å². The molecular formula is C10H16N2O. The quantitative estimate of drug-likeness (QED) is 0.692. The second kappa shape index (κ2) is 4.12. The zero-order chi connectivity index (χ0) is 9.84. The van der Waals surface area contributed by atoms with Crippen molar-refractivity contribution in [3.05, 3.63) is 24.0 Å². The number of aryl methyl sites for hydroxylation is 1. The van der Waals surface area contributed by atoms with Crippen molar-refractivity contribution < 1.29 is 4.79 Å². The molecule has 1 aromatic heterocycles. The highest BCUT2D eigenvalue weighted by Gasteiger charge is 2.13. The van der Waals surface area contributed by atoms with Gasteiger partial charge in [0.2, 0.25) is 0 Å². The molecule has 0 aliphatic rings. The molecule has 0 atom stereocenters. The Morgan fingerprint density at radius 1 is 1.46 bits per heavy atom. The fourth-order valence-corrected chi connectivity index (χ4v) is 1.36. The van der Waals surface area contributed by atoms with Crippen LogP contribution in [0, 0.1) is 0 Å². The molecule has 0 radical (unpaired) electrons. The molecule has 1 aromatic rings. The normalized spacial score (nSPS) is 10.1. The van der Waals surface area contributed by atoms with Gasteiger partial charge in [0.05, 0.1) is 0 Å². The highest BCUT2D eigenvalue weighted by Crippen LogP contribution is 2.04. The molecule has 0 saturated carbocycles. The first-order valence-electron chi connectivity index (χ1n) is 4.61. The lowest BCUT2D eigenvalue weighted by Crippen LogP contribution is -2.31. The minimum absolute atomic E-state index is 0.109. The lowest BCUT2D eigenvalue weighted by Gasteiger charge is -2.18. The van der Waals surface area contributed by atoms with Gasteiger partial charge in [-0.3, -0.25) is 4.79 Å². The zero-order valence-electron chi connectivity index (χ0n) is 8.45. The second-order valence-electron chi connectivity index (χ2n) is 2.98. The molecule has 0 aliphatic heterocycles. The first-order valence-corrected chi connectivity index (χ1v) is 4.61. The summed E-state index contributed by atoms with van der Waals surface area (Å²) in [6.45, 7) is 5.51. The van der Waals surface area contributed by atoms with Crippen molar-refractivity contribution in [3.8, 4) is 0 Å². The van der Waals surface area contributed by atoms with Crippen molar-refractivity contribution in [2.45, 2.75) is 13.8 Å². The number of carbonyl (C=O) groups is 1.